The van der Waals surface area contributed by atoms with Gasteiger partial charge in [0.2, 0.25) is 0 Å². The van der Waals surface area contributed by atoms with Crippen molar-refractivity contribution >= 4 is 41.0 Å². The van der Waals surface area contributed by atoms with E-state index in [4.69, 9.17) is 11.6 Å². The molecule has 4 nitrogen and oxygen atoms in total. The lowest BCUT2D eigenvalue weighted by Crippen LogP contribution is -1.91. The molecule has 0 bridgehead atoms. The molecule has 16 heavy (non-hydrogen) atoms. The third-order valence-corrected chi connectivity index (χ3v) is 4.38. The molecule has 2 rings (SSSR count). The number of aryl methyl sites for hydroxylation is 2. The fourth-order valence-electron chi connectivity index (χ4n) is 1.18. The molecule has 0 aliphatic rings. The van der Waals surface area contributed by atoms with Gasteiger partial charge >= 0.3 is 0 Å². The number of thiazole rings is 1. The maximum atomic E-state index is 10.6. The van der Waals surface area contributed by atoms with Gasteiger partial charge in [-0.25, -0.2) is 4.98 Å². The largest absolute Gasteiger partial charge is 0.297 e. The molecule has 2 heterocycles. The van der Waals surface area contributed by atoms with Crippen LogP contribution >= 0.6 is 34.7 Å². The molecule has 0 radical (unpaired) electrons. The Hall–Kier alpha value is -0.850. The lowest BCUT2D eigenvalue weighted by Gasteiger charge is -1.96. The Bertz CT molecular complexity index is 535. The van der Waals surface area contributed by atoms with E-state index < -0.39 is 0 Å². The summed E-state index contributed by atoms with van der Waals surface area (Å²) in [6.07, 6.45) is 0.721. The molecule has 0 aliphatic carbocycles. The summed E-state index contributed by atoms with van der Waals surface area (Å²) in [5.74, 6) is 0. The fraction of sp³-hybridized carbons (Fsp3) is 0.222. The zero-order valence-corrected chi connectivity index (χ0v) is 11.0. The highest BCUT2D eigenvalue weighted by Gasteiger charge is 2.11. The van der Waals surface area contributed by atoms with E-state index in [0.29, 0.717) is 4.88 Å². The van der Waals surface area contributed by atoms with Crippen LogP contribution in [0.1, 0.15) is 15.4 Å². The van der Waals surface area contributed by atoms with Crippen LogP contribution < -0.4 is 0 Å². The molecule has 0 N–H and O–H groups in total. The van der Waals surface area contributed by atoms with Gasteiger partial charge in [-0.05, 0) is 24.8 Å². The molecule has 0 saturated heterocycles. The van der Waals surface area contributed by atoms with Crippen LogP contribution in [0.25, 0.3) is 0 Å². The highest BCUT2D eigenvalue weighted by Crippen LogP contribution is 2.34. The Kier molecular flexibility index (Phi) is 3.32. The van der Waals surface area contributed by atoms with Crippen LogP contribution in [0.3, 0.4) is 0 Å². The number of aromatic nitrogens is 3. The smallest absolute Gasteiger partial charge is 0.163 e. The van der Waals surface area contributed by atoms with Gasteiger partial charge in [-0.2, -0.15) is 5.10 Å². The molecule has 0 amide bonds. The zero-order valence-electron chi connectivity index (χ0n) is 8.60. The van der Waals surface area contributed by atoms with Gasteiger partial charge in [0, 0.05) is 7.05 Å². The van der Waals surface area contributed by atoms with E-state index in [2.05, 4.69) is 10.1 Å². The van der Waals surface area contributed by atoms with Crippen molar-refractivity contribution in [3.8, 4) is 0 Å². The second-order valence-corrected chi connectivity index (χ2v) is 5.76. The van der Waals surface area contributed by atoms with Gasteiger partial charge in [0.25, 0.3) is 0 Å². The van der Waals surface area contributed by atoms with Gasteiger partial charge in [0.1, 0.15) is 9.90 Å². The minimum absolute atomic E-state index is 0.265. The molecule has 2 aromatic heterocycles. The molecule has 0 aromatic carbocycles. The molecule has 0 fully saturated rings. The van der Waals surface area contributed by atoms with Crippen molar-refractivity contribution in [3.05, 3.63) is 21.8 Å². The maximum absolute atomic E-state index is 10.6. The van der Waals surface area contributed by atoms with Crippen LogP contribution in [0.2, 0.25) is 5.15 Å². The average molecular weight is 274 g/mol. The van der Waals surface area contributed by atoms with Crippen LogP contribution in [0.4, 0.5) is 0 Å². The van der Waals surface area contributed by atoms with Gasteiger partial charge in [-0.1, -0.05) is 11.6 Å². The van der Waals surface area contributed by atoms with Gasteiger partial charge in [-0.15, -0.1) is 11.3 Å². The summed E-state index contributed by atoms with van der Waals surface area (Å²) >= 11 is 8.52. The van der Waals surface area contributed by atoms with Crippen molar-refractivity contribution in [1.29, 1.82) is 0 Å². The van der Waals surface area contributed by atoms with Crippen LogP contribution in [0.15, 0.2) is 15.4 Å². The summed E-state index contributed by atoms with van der Waals surface area (Å²) < 4.78 is 2.52. The number of hydrogen-bond acceptors (Lipinski definition) is 5. The molecular weight excluding hydrogens is 266 g/mol. The summed E-state index contributed by atoms with van der Waals surface area (Å²) in [6.45, 7) is 1.93. The summed E-state index contributed by atoms with van der Waals surface area (Å²) in [4.78, 5) is 15.2. The number of hydrogen-bond donors (Lipinski definition) is 0. The number of carbonyl (C=O) groups is 1. The first-order valence-corrected chi connectivity index (χ1v) is 6.41. The van der Waals surface area contributed by atoms with Crippen LogP contribution in [0.5, 0.6) is 0 Å². The van der Waals surface area contributed by atoms with Gasteiger partial charge in [-0.3, -0.25) is 9.48 Å². The molecule has 0 unspecified atom stereocenters. The maximum Gasteiger partial charge on any atom is 0.163 e. The molecule has 0 atom stereocenters. The van der Waals surface area contributed by atoms with Crippen molar-refractivity contribution in [2.24, 2.45) is 7.05 Å². The van der Waals surface area contributed by atoms with E-state index in [-0.39, 0.29) is 5.15 Å². The fourth-order valence-corrected chi connectivity index (χ4v) is 3.44. The summed E-state index contributed by atoms with van der Waals surface area (Å²) in [6, 6.07) is 1.96. The third kappa shape index (κ3) is 2.28. The number of nitrogens with zero attached hydrogens (tertiary/aromatic N) is 3. The molecule has 2 aromatic rings. The van der Waals surface area contributed by atoms with Gasteiger partial charge < -0.3 is 0 Å². The Labute approximate surface area is 106 Å². The van der Waals surface area contributed by atoms with E-state index in [1.54, 1.807) is 4.68 Å². The van der Waals surface area contributed by atoms with Crippen molar-refractivity contribution in [1.82, 2.24) is 14.8 Å². The van der Waals surface area contributed by atoms with Crippen LogP contribution in [0, 0.1) is 6.92 Å². The lowest BCUT2D eigenvalue weighted by molar-refractivity contribution is 0.112. The highest BCUT2D eigenvalue weighted by molar-refractivity contribution is 8.01. The second-order valence-electron chi connectivity index (χ2n) is 3.10. The topological polar surface area (TPSA) is 47.8 Å². The first-order chi connectivity index (χ1) is 7.60. The molecule has 84 valence electrons. The molecule has 0 saturated carbocycles. The predicted molar refractivity (Wildman–Crippen MR) is 64.6 cm³/mol. The van der Waals surface area contributed by atoms with Gasteiger partial charge in [0.15, 0.2) is 15.8 Å². The highest BCUT2D eigenvalue weighted by atomic mass is 35.5. The Morgan fingerprint density at radius 1 is 1.62 bits per heavy atom. The Morgan fingerprint density at radius 3 is 2.88 bits per heavy atom. The minimum Gasteiger partial charge on any atom is -0.297 e. The monoisotopic (exact) mass is 273 g/mol. The minimum atomic E-state index is 0.265. The van der Waals surface area contributed by atoms with Crippen molar-refractivity contribution < 1.29 is 4.79 Å². The SMILES string of the molecule is Cc1cc(Sc2nc(Cl)c(C=O)s2)n(C)n1. The van der Waals surface area contributed by atoms with Crippen LogP contribution in [-0.4, -0.2) is 21.1 Å². The van der Waals surface area contributed by atoms with Crippen molar-refractivity contribution in [2.45, 2.75) is 16.3 Å². The van der Waals surface area contributed by atoms with Gasteiger partial charge in [0.05, 0.1) is 5.69 Å². The standard InChI is InChI=1S/C9H8ClN3OS2/c1-5-3-7(13(2)12-5)16-9-11-8(10)6(4-14)15-9/h3-4H,1-2H3. The number of aldehydes is 1. The summed E-state index contributed by atoms with van der Waals surface area (Å²) in [5.41, 5.74) is 0.947. The first-order valence-electron chi connectivity index (χ1n) is 4.40. The van der Waals surface area contributed by atoms with Crippen molar-refractivity contribution in [3.63, 3.8) is 0 Å². The average Bonchev–Trinajstić information content (AvgIpc) is 2.71. The number of halogens is 1. The van der Waals surface area contributed by atoms with E-state index in [0.717, 1.165) is 21.3 Å². The van der Waals surface area contributed by atoms with Crippen LogP contribution in [-0.2, 0) is 7.05 Å². The first kappa shape index (κ1) is 11.6. The molecule has 7 heteroatoms. The number of carbonyl (C=O) groups excluding carboxylic acids is 1. The normalized spacial score (nSPS) is 10.7. The zero-order chi connectivity index (χ0) is 11.7. The van der Waals surface area contributed by atoms with E-state index >= 15 is 0 Å². The Morgan fingerprint density at radius 2 is 2.38 bits per heavy atom. The summed E-state index contributed by atoms with van der Waals surface area (Å²) in [7, 11) is 1.87. The van der Waals surface area contributed by atoms with E-state index in [1.165, 1.54) is 23.1 Å². The quantitative estimate of drug-likeness (QED) is 0.807. The summed E-state index contributed by atoms with van der Waals surface area (Å²) in [5, 5.41) is 5.46. The molecular formula is C9H8ClN3OS2. The van der Waals surface area contributed by atoms with E-state index in [1.807, 2.05) is 20.0 Å². The predicted octanol–water partition coefficient (Wildman–Crippen LogP) is 2.80. The van der Waals surface area contributed by atoms with Crippen molar-refractivity contribution in [2.75, 3.05) is 0 Å². The van der Waals surface area contributed by atoms with E-state index in [9.17, 15) is 4.79 Å². The number of rotatable bonds is 3. The third-order valence-electron chi connectivity index (χ3n) is 1.85. The second kappa shape index (κ2) is 4.57. The lowest BCUT2D eigenvalue weighted by atomic mass is 10.5. The molecule has 0 spiro atoms. The Balaban J connectivity index is 2.26. The molecule has 0 aliphatic heterocycles.